The minimum absolute atomic E-state index is 0.0582. The minimum Gasteiger partial charge on any atom is -0.508 e. The SMILES string of the molecule is CC(Oc1ccc(Cl)cc1)C(=O)N1CCN(C(=O)c2cccc(O)c2)CC1. The highest BCUT2D eigenvalue weighted by Crippen LogP contribution is 2.18. The third-order valence-corrected chi connectivity index (χ3v) is 4.70. The summed E-state index contributed by atoms with van der Waals surface area (Å²) in [5.41, 5.74) is 0.439. The Kier molecular flexibility index (Phi) is 5.86. The summed E-state index contributed by atoms with van der Waals surface area (Å²) in [4.78, 5) is 28.5. The summed E-state index contributed by atoms with van der Waals surface area (Å²) in [6.07, 6.45) is -0.625. The number of halogens is 1. The molecule has 1 aliphatic rings. The van der Waals surface area contributed by atoms with E-state index in [1.165, 1.54) is 12.1 Å². The Morgan fingerprint density at radius 2 is 1.67 bits per heavy atom. The Bertz CT molecular complexity index is 817. The van der Waals surface area contributed by atoms with E-state index in [0.29, 0.717) is 42.5 Å². The molecule has 1 saturated heterocycles. The molecular formula is C20H21ClN2O4. The number of rotatable bonds is 4. The Balaban J connectivity index is 1.54. The van der Waals surface area contributed by atoms with Crippen LogP contribution in [0.1, 0.15) is 17.3 Å². The van der Waals surface area contributed by atoms with Crippen molar-refractivity contribution in [2.24, 2.45) is 0 Å². The third-order valence-electron chi connectivity index (χ3n) is 4.45. The number of piperazine rings is 1. The van der Waals surface area contributed by atoms with E-state index in [2.05, 4.69) is 0 Å². The fourth-order valence-electron chi connectivity index (χ4n) is 2.98. The largest absolute Gasteiger partial charge is 0.508 e. The highest BCUT2D eigenvalue weighted by molar-refractivity contribution is 6.30. The molecule has 27 heavy (non-hydrogen) atoms. The molecule has 0 aromatic heterocycles. The summed E-state index contributed by atoms with van der Waals surface area (Å²) in [6.45, 7) is 3.47. The number of hydrogen-bond acceptors (Lipinski definition) is 4. The van der Waals surface area contributed by atoms with Crippen molar-refractivity contribution < 1.29 is 19.4 Å². The zero-order valence-corrected chi connectivity index (χ0v) is 15.7. The lowest BCUT2D eigenvalue weighted by Crippen LogP contribution is -2.53. The molecule has 6 nitrogen and oxygen atoms in total. The van der Waals surface area contributed by atoms with Crippen molar-refractivity contribution >= 4 is 23.4 Å². The molecule has 1 N–H and O–H groups in total. The van der Waals surface area contributed by atoms with Gasteiger partial charge in [0.1, 0.15) is 11.5 Å². The highest BCUT2D eigenvalue weighted by Gasteiger charge is 2.28. The van der Waals surface area contributed by atoms with Crippen molar-refractivity contribution in [3.63, 3.8) is 0 Å². The number of hydrogen-bond donors (Lipinski definition) is 1. The van der Waals surface area contributed by atoms with Gasteiger partial charge < -0.3 is 19.6 Å². The van der Waals surface area contributed by atoms with Crippen molar-refractivity contribution in [3.05, 3.63) is 59.1 Å². The van der Waals surface area contributed by atoms with Crippen LogP contribution in [0.25, 0.3) is 0 Å². The second-order valence-electron chi connectivity index (χ2n) is 6.38. The van der Waals surface area contributed by atoms with E-state index in [-0.39, 0.29) is 17.6 Å². The monoisotopic (exact) mass is 388 g/mol. The van der Waals surface area contributed by atoms with Gasteiger partial charge in [-0.25, -0.2) is 0 Å². The second-order valence-corrected chi connectivity index (χ2v) is 6.82. The van der Waals surface area contributed by atoms with Gasteiger partial charge in [-0.3, -0.25) is 9.59 Å². The Hall–Kier alpha value is -2.73. The van der Waals surface area contributed by atoms with Gasteiger partial charge in [-0.05, 0) is 49.4 Å². The molecule has 3 rings (SSSR count). The minimum atomic E-state index is -0.625. The van der Waals surface area contributed by atoms with Crippen LogP contribution < -0.4 is 4.74 Å². The number of ether oxygens (including phenoxy) is 1. The summed E-state index contributed by atoms with van der Waals surface area (Å²) >= 11 is 5.85. The lowest BCUT2D eigenvalue weighted by atomic mass is 10.1. The Morgan fingerprint density at radius 3 is 2.30 bits per heavy atom. The van der Waals surface area contributed by atoms with Crippen LogP contribution in [0.3, 0.4) is 0 Å². The Labute approximate surface area is 162 Å². The third kappa shape index (κ3) is 4.71. The normalized spacial score (nSPS) is 15.3. The van der Waals surface area contributed by atoms with Crippen molar-refractivity contribution in [1.29, 1.82) is 0 Å². The summed E-state index contributed by atoms with van der Waals surface area (Å²) in [5, 5.41) is 10.1. The second kappa shape index (κ2) is 8.31. The Morgan fingerprint density at radius 1 is 1.04 bits per heavy atom. The quantitative estimate of drug-likeness (QED) is 0.874. The average molecular weight is 389 g/mol. The van der Waals surface area contributed by atoms with Crippen LogP contribution >= 0.6 is 11.6 Å². The lowest BCUT2D eigenvalue weighted by molar-refractivity contribution is -0.139. The van der Waals surface area contributed by atoms with Gasteiger partial charge in [0.15, 0.2) is 6.10 Å². The molecule has 1 fully saturated rings. The molecule has 0 saturated carbocycles. The van der Waals surface area contributed by atoms with Crippen LogP contribution in [-0.2, 0) is 4.79 Å². The van der Waals surface area contributed by atoms with E-state index in [1.807, 2.05) is 0 Å². The molecule has 2 aromatic rings. The van der Waals surface area contributed by atoms with Gasteiger partial charge in [-0.15, -0.1) is 0 Å². The van der Waals surface area contributed by atoms with Crippen LogP contribution in [0, 0.1) is 0 Å². The van der Waals surface area contributed by atoms with Gasteiger partial charge in [0.05, 0.1) is 0 Å². The number of aromatic hydroxyl groups is 1. The van der Waals surface area contributed by atoms with Crippen LogP contribution in [0.5, 0.6) is 11.5 Å². The smallest absolute Gasteiger partial charge is 0.263 e. The summed E-state index contributed by atoms with van der Waals surface area (Å²) in [6, 6.07) is 13.1. The topological polar surface area (TPSA) is 70.1 Å². The molecule has 0 radical (unpaired) electrons. The first-order valence-corrected chi connectivity index (χ1v) is 9.11. The molecule has 1 heterocycles. The standard InChI is InChI=1S/C20H21ClN2O4/c1-14(27-18-7-5-16(21)6-8-18)19(25)22-9-11-23(12-10-22)20(26)15-3-2-4-17(24)13-15/h2-8,13-14,24H,9-12H2,1H3. The zero-order valence-electron chi connectivity index (χ0n) is 15.0. The fourth-order valence-corrected chi connectivity index (χ4v) is 3.10. The molecule has 2 aromatic carbocycles. The summed E-state index contributed by atoms with van der Waals surface area (Å²) < 4.78 is 5.68. The first-order chi connectivity index (χ1) is 12.9. The van der Waals surface area contributed by atoms with Gasteiger partial charge in [0.25, 0.3) is 11.8 Å². The maximum atomic E-state index is 12.6. The van der Waals surface area contributed by atoms with Crippen LogP contribution in [-0.4, -0.2) is 59.0 Å². The number of nitrogens with zero attached hydrogens (tertiary/aromatic N) is 2. The van der Waals surface area contributed by atoms with Gasteiger partial charge in [-0.1, -0.05) is 17.7 Å². The molecule has 7 heteroatoms. The van der Waals surface area contributed by atoms with E-state index >= 15 is 0 Å². The van der Waals surface area contributed by atoms with E-state index in [0.717, 1.165) is 0 Å². The molecule has 0 aliphatic carbocycles. The van der Waals surface area contributed by atoms with Gasteiger partial charge in [0.2, 0.25) is 0 Å². The number of benzene rings is 2. The summed E-state index contributed by atoms with van der Waals surface area (Å²) in [5.74, 6) is 0.374. The maximum absolute atomic E-state index is 12.6. The summed E-state index contributed by atoms with van der Waals surface area (Å²) in [7, 11) is 0. The van der Waals surface area contributed by atoms with E-state index < -0.39 is 6.10 Å². The van der Waals surface area contributed by atoms with Crippen LogP contribution in [0.15, 0.2) is 48.5 Å². The van der Waals surface area contributed by atoms with Crippen molar-refractivity contribution in [3.8, 4) is 11.5 Å². The molecular weight excluding hydrogens is 368 g/mol. The number of amides is 2. The lowest BCUT2D eigenvalue weighted by Gasteiger charge is -2.36. The van der Waals surface area contributed by atoms with Crippen molar-refractivity contribution in [2.75, 3.05) is 26.2 Å². The maximum Gasteiger partial charge on any atom is 0.263 e. The van der Waals surface area contributed by atoms with E-state index in [9.17, 15) is 14.7 Å². The fraction of sp³-hybridized carbons (Fsp3) is 0.300. The van der Waals surface area contributed by atoms with Gasteiger partial charge in [0, 0.05) is 36.8 Å². The van der Waals surface area contributed by atoms with E-state index in [4.69, 9.17) is 16.3 Å². The predicted octanol–water partition coefficient (Wildman–Crippen LogP) is 2.80. The van der Waals surface area contributed by atoms with Crippen LogP contribution in [0.4, 0.5) is 0 Å². The first-order valence-electron chi connectivity index (χ1n) is 8.73. The molecule has 142 valence electrons. The number of phenolic OH excluding ortho intramolecular Hbond substituents is 1. The van der Waals surface area contributed by atoms with Crippen LogP contribution in [0.2, 0.25) is 5.02 Å². The molecule has 1 unspecified atom stereocenters. The van der Waals surface area contributed by atoms with Crippen molar-refractivity contribution in [2.45, 2.75) is 13.0 Å². The molecule has 0 spiro atoms. The molecule has 1 aliphatic heterocycles. The predicted molar refractivity (Wildman–Crippen MR) is 102 cm³/mol. The van der Waals surface area contributed by atoms with E-state index in [1.54, 1.807) is 53.1 Å². The molecule has 2 amide bonds. The van der Waals surface area contributed by atoms with Gasteiger partial charge in [-0.2, -0.15) is 0 Å². The molecule has 1 atom stereocenters. The zero-order chi connectivity index (χ0) is 19.4. The molecule has 0 bridgehead atoms. The number of carbonyl (C=O) groups is 2. The highest BCUT2D eigenvalue weighted by atomic mass is 35.5. The van der Waals surface area contributed by atoms with Gasteiger partial charge >= 0.3 is 0 Å². The number of carbonyl (C=O) groups excluding carboxylic acids is 2. The average Bonchev–Trinajstić information content (AvgIpc) is 2.68. The number of phenols is 1. The van der Waals surface area contributed by atoms with Crippen molar-refractivity contribution in [1.82, 2.24) is 9.80 Å². The first kappa shape index (κ1) is 19.0.